The van der Waals surface area contributed by atoms with Gasteiger partial charge in [0.15, 0.2) is 0 Å². The number of fused-ring (bicyclic) bond motifs is 1. The van der Waals surface area contributed by atoms with Crippen LogP contribution in [0.3, 0.4) is 0 Å². The molecular formula is C22H27ClN4. The molecule has 0 saturated heterocycles. The van der Waals surface area contributed by atoms with Crippen molar-refractivity contribution in [2.75, 3.05) is 11.9 Å². The maximum absolute atomic E-state index is 6.24. The number of aryl methyl sites for hydroxylation is 1. The average molecular weight is 383 g/mol. The lowest BCUT2D eigenvalue weighted by Crippen LogP contribution is -2.58. The zero-order valence-corrected chi connectivity index (χ0v) is 16.4. The number of nitrogens with one attached hydrogen (secondary N) is 3. The number of aliphatic imine (C=N–C) groups is 1. The monoisotopic (exact) mass is 382 g/mol. The van der Waals surface area contributed by atoms with E-state index in [1.807, 2.05) is 24.3 Å². The lowest BCUT2D eigenvalue weighted by molar-refractivity contribution is 0.391. The molecule has 0 unspecified atom stereocenters. The second-order valence-electron chi connectivity index (χ2n) is 7.49. The summed E-state index contributed by atoms with van der Waals surface area (Å²) in [6.45, 7) is 0.863. The van der Waals surface area contributed by atoms with Crippen molar-refractivity contribution in [1.29, 1.82) is 0 Å². The van der Waals surface area contributed by atoms with Gasteiger partial charge >= 0.3 is 0 Å². The fourth-order valence-electron chi connectivity index (χ4n) is 4.10. The summed E-state index contributed by atoms with van der Waals surface area (Å²) in [7, 11) is 0. The van der Waals surface area contributed by atoms with E-state index in [1.54, 1.807) is 0 Å². The number of benzene rings is 2. The van der Waals surface area contributed by atoms with Gasteiger partial charge in [0.25, 0.3) is 0 Å². The third kappa shape index (κ3) is 4.12. The van der Waals surface area contributed by atoms with Crippen LogP contribution in [-0.4, -0.2) is 17.9 Å². The molecule has 1 aliphatic carbocycles. The predicted octanol–water partition coefficient (Wildman–Crippen LogP) is 5.23. The Balaban J connectivity index is 1.38. The molecule has 1 heterocycles. The van der Waals surface area contributed by atoms with Gasteiger partial charge in [0.1, 0.15) is 5.84 Å². The van der Waals surface area contributed by atoms with E-state index in [1.165, 1.54) is 24.8 Å². The predicted molar refractivity (Wildman–Crippen MR) is 114 cm³/mol. The van der Waals surface area contributed by atoms with Gasteiger partial charge in [-0.15, -0.1) is 0 Å². The lowest BCUT2D eigenvalue weighted by Gasteiger charge is -2.42. The Labute approximate surface area is 166 Å². The zero-order valence-electron chi connectivity index (χ0n) is 15.6. The number of para-hydroxylation sites is 2. The summed E-state index contributed by atoms with van der Waals surface area (Å²) in [5.74, 6) is 1.03. The van der Waals surface area contributed by atoms with Gasteiger partial charge in [-0.25, -0.2) is 10.4 Å². The van der Waals surface area contributed by atoms with Crippen molar-refractivity contribution in [1.82, 2.24) is 10.9 Å². The summed E-state index contributed by atoms with van der Waals surface area (Å²) in [5.41, 5.74) is 10.1. The van der Waals surface area contributed by atoms with Gasteiger partial charge in [0.05, 0.1) is 16.9 Å². The first-order chi connectivity index (χ1) is 13.3. The van der Waals surface area contributed by atoms with Crippen molar-refractivity contribution in [3.63, 3.8) is 0 Å². The van der Waals surface area contributed by atoms with Crippen LogP contribution in [0.15, 0.2) is 53.5 Å². The summed E-state index contributed by atoms with van der Waals surface area (Å²) >= 11 is 6.24. The van der Waals surface area contributed by atoms with Gasteiger partial charge in [-0.1, -0.05) is 61.2 Å². The number of halogens is 1. The molecule has 5 heteroatoms. The quantitative estimate of drug-likeness (QED) is 0.490. The molecule has 2 aromatic rings. The Morgan fingerprint density at radius 2 is 1.78 bits per heavy atom. The molecule has 4 nitrogen and oxygen atoms in total. The van der Waals surface area contributed by atoms with Crippen LogP contribution in [0.1, 0.15) is 44.1 Å². The molecule has 27 heavy (non-hydrogen) atoms. The molecule has 3 N–H and O–H groups in total. The van der Waals surface area contributed by atoms with Gasteiger partial charge < -0.3 is 10.7 Å². The van der Waals surface area contributed by atoms with Crippen molar-refractivity contribution < 1.29 is 0 Å². The summed E-state index contributed by atoms with van der Waals surface area (Å²) in [5, 5.41) is 4.64. The van der Waals surface area contributed by atoms with Gasteiger partial charge in [0, 0.05) is 11.6 Å². The third-order valence-electron chi connectivity index (χ3n) is 5.58. The third-order valence-corrected chi connectivity index (χ3v) is 5.95. The van der Waals surface area contributed by atoms with Crippen molar-refractivity contribution in [3.8, 4) is 0 Å². The van der Waals surface area contributed by atoms with E-state index >= 15 is 0 Å². The standard InChI is InChI=1S/C22H27ClN4/c23-18-11-3-2-9-17(18)10-8-16-24-27-21-22(14-6-1-7-15-22)26-20-13-5-4-12-19(20)25-21/h2-5,9,11-13,24,26H,1,6-8,10,14-16H2,(H,25,27). The largest absolute Gasteiger partial charge is 0.371 e. The average Bonchev–Trinajstić information content (AvgIpc) is 2.70. The molecule has 1 aliphatic heterocycles. The van der Waals surface area contributed by atoms with E-state index < -0.39 is 0 Å². The van der Waals surface area contributed by atoms with E-state index in [2.05, 4.69) is 40.4 Å². The van der Waals surface area contributed by atoms with E-state index in [0.717, 1.165) is 54.5 Å². The summed E-state index contributed by atoms with van der Waals surface area (Å²) in [4.78, 5) is 4.95. The van der Waals surface area contributed by atoms with Crippen LogP contribution in [0.25, 0.3) is 0 Å². The minimum absolute atomic E-state index is 0.0671. The number of hydrogen-bond donors (Lipinski definition) is 3. The Bertz CT molecular complexity index is 811. The summed E-state index contributed by atoms with van der Waals surface area (Å²) in [6, 6.07) is 16.4. The lowest BCUT2D eigenvalue weighted by atomic mass is 9.79. The number of nitrogens with zero attached hydrogens (tertiary/aromatic N) is 1. The van der Waals surface area contributed by atoms with E-state index in [9.17, 15) is 0 Å². The van der Waals surface area contributed by atoms with Gasteiger partial charge in [-0.3, -0.25) is 0 Å². The van der Waals surface area contributed by atoms with Crippen molar-refractivity contribution in [2.45, 2.75) is 50.5 Å². The SMILES string of the molecule is Clc1ccccc1CCCNNC1=Nc2ccccc2NC12CCCCC2. The highest BCUT2D eigenvalue weighted by molar-refractivity contribution is 6.31. The minimum Gasteiger partial charge on any atom is -0.371 e. The Hall–Kier alpha value is -2.04. The topological polar surface area (TPSA) is 48.5 Å². The Morgan fingerprint density at radius 1 is 1.00 bits per heavy atom. The maximum Gasteiger partial charge on any atom is 0.142 e. The van der Waals surface area contributed by atoms with Crippen LogP contribution < -0.4 is 16.2 Å². The van der Waals surface area contributed by atoms with Gasteiger partial charge in [0.2, 0.25) is 0 Å². The smallest absolute Gasteiger partial charge is 0.142 e. The van der Waals surface area contributed by atoms with Gasteiger partial charge in [-0.05, 0) is 49.4 Å². The molecule has 1 fully saturated rings. The van der Waals surface area contributed by atoms with E-state index in [-0.39, 0.29) is 5.54 Å². The van der Waals surface area contributed by atoms with Crippen LogP contribution in [0.4, 0.5) is 11.4 Å². The van der Waals surface area contributed by atoms with Crippen LogP contribution in [0.5, 0.6) is 0 Å². The molecule has 2 aliphatic rings. The van der Waals surface area contributed by atoms with Gasteiger partial charge in [-0.2, -0.15) is 0 Å². The molecule has 1 spiro atoms. The van der Waals surface area contributed by atoms with Crippen molar-refractivity contribution >= 4 is 28.8 Å². The van der Waals surface area contributed by atoms with Crippen LogP contribution >= 0.6 is 11.6 Å². The number of anilines is 1. The fraction of sp³-hybridized carbons (Fsp3) is 0.409. The molecule has 0 atom stereocenters. The van der Waals surface area contributed by atoms with Crippen molar-refractivity contribution in [2.24, 2.45) is 4.99 Å². The summed E-state index contributed by atoms with van der Waals surface area (Å²) in [6.07, 6.45) is 8.01. The second kappa shape index (κ2) is 8.32. The van der Waals surface area contributed by atoms with E-state index in [0.29, 0.717) is 0 Å². The molecule has 0 bridgehead atoms. The molecule has 1 saturated carbocycles. The Kier molecular flexibility index (Phi) is 5.65. The van der Waals surface area contributed by atoms with Crippen LogP contribution in [0.2, 0.25) is 5.02 Å². The minimum atomic E-state index is -0.0671. The zero-order chi connectivity index (χ0) is 18.5. The number of rotatable bonds is 5. The fourth-order valence-corrected chi connectivity index (χ4v) is 4.33. The highest BCUT2D eigenvalue weighted by atomic mass is 35.5. The number of hydrogen-bond acceptors (Lipinski definition) is 4. The highest BCUT2D eigenvalue weighted by Gasteiger charge is 2.40. The Morgan fingerprint density at radius 3 is 2.63 bits per heavy atom. The first-order valence-corrected chi connectivity index (χ1v) is 10.3. The molecule has 0 radical (unpaired) electrons. The normalized spacial score (nSPS) is 17.7. The van der Waals surface area contributed by atoms with Crippen LogP contribution in [-0.2, 0) is 6.42 Å². The number of amidine groups is 1. The maximum atomic E-state index is 6.24. The highest BCUT2D eigenvalue weighted by Crippen LogP contribution is 2.39. The first-order valence-electron chi connectivity index (χ1n) is 9.96. The molecular weight excluding hydrogens is 356 g/mol. The molecule has 0 amide bonds. The molecule has 0 aromatic heterocycles. The summed E-state index contributed by atoms with van der Waals surface area (Å²) < 4.78 is 0. The number of hydrazine groups is 1. The first kappa shape index (κ1) is 18.3. The molecule has 4 rings (SSSR count). The van der Waals surface area contributed by atoms with E-state index in [4.69, 9.17) is 16.6 Å². The molecule has 2 aromatic carbocycles. The van der Waals surface area contributed by atoms with Crippen molar-refractivity contribution in [3.05, 3.63) is 59.1 Å². The molecule has 142 valence electrons. The van der Waals surface area contributed by atoms with Crippen LogP contribution in [0, 0.1) is 0 Å². The second-order valence-corrected chi connectivity index (χ2v) is 7.90.